The van der Waals surface area contributed by atoms with Crippen molar-refractivity contribution in [1.29, 1.82) is 0 Å². The van der Waals surface area contributed by atoms with Gasteiger partial charge in [0.05, 0.1) is 0 Å². The van der Waals surface area contributed by atoms with Gasteiger partial charge >= 0.3 is 0 Å². The number of nitrogens with one attached hydrogen (secondary N) is 1. The number of hydrogen-bond donors (Lipinski definition) is 2. The third kappa shape index (κ3) is 4.64. The molecule has 1 rings (SSSR count). The van der Waals surface area contributed by atoms with Crippen LogP contribution in [-0.4, -0.2) is 41.9 Å². The van der Waals surface area contributed by atoms with Crippen LogP contribution >= 0.6 is 0 Å². The molecule has 5 heteroatoms. The number of carbonyl (C=O) groups is 2. The molecule has 2 amide bonds. The molecular weight excluding hydrogens is 230 g/mol. The van der Waals surface area contributed by atoms with Gasteiger partial charge in [-0.3, -0.25) is 9.59 Å². The lowest BCUT2D eigenvalue weighted by Gasteiger charge is -2.23. The minimum Gasteiger partial charge on any atom is -0.352 e. The second-order valence-corrected chi connectivity index (χ2v) is 5.52. The summed E-state index contributed by atoms with van der Waals surface area (Å²) in [5.41, 5.74) is 5.85. The molecule has 1 aliphatic rings. The highest BCUT2D eigenvalue weighted by Crippen LogP contribution is 2.10. The monoisotopic (exact) mass is 255 g/mol. The maximum Gasteiger partial charge on any atom is 0.222 e. The van der Waals surface area contributed by atoms with Crippen molar-refractivity contribution in [1.82, 2.24) is 10.2 Å². The average Bonchev–Trinajstić information content (AvgIpc) is 2.63. The quantitative estimate of drug-likeness (QED) is 0.725. The first kappa shape index (κ1) is 15.0. The van der Waals surface area contributed by atoms with Crippen molar-refractivity contribution in [3.63, 3.8) is 0 Å². The number of nitrogens with zero attached hydrogens (tertiary/aromatic N) is 1. The molecule has 1 aliphatic heterocycles. The molecule has 1 saturated heterocycles. The van der Waals surface area contributed by atoms with Crippen molar-refractivity contribution >= 4 is 11.8 Å². The molecule has 0 spiro atoms. The van der Waals surface area contributed by atoms with Crippen molar-refractivity contribution in [2.45, 2.75) is 52.1 Å². The molecule has 0 aliphatic carbocycles. The van der Waals surface area contributed by atoms with Gasteiger partial charge in [0.1, 0.15) is 0 Å². The normalized spacial score (nSPS) is 19.2. The van der Waals surface area contributed by atoms with Gasteiger partial charge in [0.2, 0.25) is 11.8 Å². The Balaban J connectivity index is 2.29. The van der Waals surface area contributed by atoms with Crippen molar-refractivity contribution in [3.8, 4) is 0 Å². The standard InChI is InChI=1S/C13H25N3O2/c1-9(2)11(14)7-12(17)15-10(3)8-16-6-4-5-13(16)18/h9-11H,4-8,14H2,1-3H3,(H,15,17). The third-order valence-corrected chi connectivity index (χ3v) is 3.35. The van der Waals surface area contributed by atoms with Crippen molar-refractivity contribution in [2.24, 2.45) is 11.7 Å². The topological polar surface area (TPSA) is 75.4 Å². The van der Waals surface area contributed by atoms with Gasteiger partial charge in [0.25, 0.3) is 0 Å². The van der Waals surface area contributed by atoms with E-state index in [4.69, 9.17) is 5.73 Å². The Morgan fingerprint density at radius 1 is 1.44 bits per heavy atom. The summed E-state index contributed by atoms with van der Waals surface area (Å²) in [5, 5.41) is 2.90. The number of carbonyl (C=O) groups excluding carboxylic acids is 2. The number of hydrogen-bond acceptors (Lipinski definition) is 3. The number of nitrogens with two attached hydrogens (primary N) is 1. The summed E-state index contributed by atoms with van der Waals surface area (Å²) in [5.74, 6) is 0.455. The van der Waals surface area contributed by atoms with Crippen LogP contribution < -0.4 is 11.1 Å². The van der Waals surface area contributed by atoms with Crippen LogP contribution in [-0.2, 0) is 9.59 Å². The van der Waals surface area contributed by atoms with Crippen LogP contribution in [0.3, 0.4) is 0 Å². The van der Waals surface area contributed by atoms with Crippen LogP contribution in [0.25, 0.3) is 0 Å². The average molecular weight is 255 g/mol. The second-order valence-electron chi connectivity index (χ2n) is 5.52. The molecule has 0 aromatic rings. The largest absolute Gasteiger partial charge is 0.352 e. The predicted octanol–water partition coefficient (Wildman–Crippen LogP) is 0.487. The Kier molecular flexibility index (Phi) is 5.59. The van der Waals surface area contributed by atoms with Gasteiger partial charge in [-0.05, 0) is 19.3 Å². The SMILES string of the molecule is CC(CN1CCCC1=O)NC(=O)CC(N)C(C)C. The lowest BCUT2D eigenvalue weighted by atomic mass is 10.0. The first-order valence-electron chi connectivity index (χ1n) is 6.73. The summed E-state index contributed by atoms with van der Waals surface area (Å²) in [6.07, 6.45) is 1.91. The van der Waals surface area contributed by atoms with E-state index in [0.29, 0.717) is 25.3 Å². The van der Waals surface area contributed by atoms with Gasteiger partial charge in [0.15, 0.2) is 0 Å². The fraction of sp³-hybridized carbons (Fsp3) is 0.846. The molecule has 1 fully saturated rings. The van der Waals surface area contributed by atoms with E-state index in [1.807, 2.05) is 25.7 Å². The van der Waals surface area contributed by atoms with Gasteiger partial charge in [-0.1, -0.05) is 13.8 Å². The van der Waals surface area contributed by atoms with E-state index in [2.05, 4.69) is 5.32 Å². The lowest BCUT2D eigenvalue weighted by molar-refractivity contribution is -0.129. The van der Waals surface area contributed by atoms with E-state index in [0.717, 1.165) is 13.0 Å². The van der Waals surface area contributed by atoms with Gasteiger partial charge in [0, 0.05) is 38.0 Å². The van der Waals surface area contributed by atoms with Crippen LogP contribution in [0.5, 0.6) is 0 Å². The Morgan fingerprint density at radius 3 is 2.61 bits per heavy atom. The Morgan fingerprint density at radius 2 is 2.11 bits per heavy atom. The van der Waals surface area contributed by atoms with Crippen LogP contribution in [0.15, 0.2) is 0 Å². The number of rotatable bonds is 6. The summed E-state index contributed by atoms with van der Waals surface area (Å²) in [6, 6.07) is -0.121. The number of likely N-dealkylation sites (tertiary alicyclic amines) is 1. The summed E-state index contributed by atoms with van der Waals surface area (Å²) in [6.45, 7) is 7.34. The number of amides is 2. The van der Waals surface area contributed by atoms with Crippen LogP contribution in [0.4, 0.5) is 0 Å². The zero-order valence-electron chi connectivity index (χ0n) is 11.6. The molecule has 5 nitrogen and oxygen atoms in total. The van der Waals surface area contributed by atoms with Gasteiger partial charge in [-0.25, -0.2) is 0 Å². The van der Waals surface area contributed by atoms with E-state index in [9.17, 15) is 9.59 Å². The van der Waals surface area contributed by atoms with Gasteiger partial charge in [-0.2, -0.15) is 0 Å². The highest BCUT2D eigenvalue weighted by atomic mass is 16.2. The molecule has 0 radical (unpaired) electrons. The van der Waals surface area contributed by atoms with E-state index >= 15 is 0 Å². The molecule has 0 aromatic carbocycles. The first-order chi connectivity index (χ1) is 8.40. The molecule has 2 unspecified atom stereocenters. The molecular formula is C13H25N3O2. The minimum atomic E-state index is -0.106. The fourth-order valence-corrected chi connectivity index (χ4v) is 2.06. The summed E-state index contributed by atoms with van der Waals surface area (Å²) in [4.78, 5) is 25.0. The molecule has 0 saturated carbocycles. The molecule has 1 heterocycles. The van der Waals surface area contributed by atoms with E-state index in [-0.39, 0.29) is 23.9 Å². The highest BCUT2D eigenvalue weighted by Gasteiger charge is 2.22. The zero-order valence-corrected chi connectivity index (χ0v) is 11.6. The van der Waals surface area contributed by atoms with E-state index in [1.165, 1.54) is 0 Å². The van der Waals surface area contributed by atoms with Crippen LogP contribution in [0.1, 0.15) is 40.0 Å². The summed E-state index contributed by atoms with van der Waals surface area (Å²) >= 11 is 0. The summed E-state index contributed by atoms with van der Waals surface area (Å²) < 4.78 is 0. The molecule has 2 atom stereocenters. The molecule has 104 valence electrons. The maximum atomic E-state index is 11.7. The summed E-state index contributed by atoms with van der Waals surface area (Å²) in [7, 11) is 0. The van der Waals surface area contributed by atoms with Crippen molar-refractivity contribution in [3.05, 3.63) is 0 Å². The molecule has 18 heavy (non-hydrogen) atoms. The predicted molar refractivity (Wildman–Crippen MR) is 70.8 cm³/mol. The fourth-order valence-electron chi connectivity index (χ4n) is 2.06. The van der Waals surface area contributed by atoms with E-state index < -0.39 is 0 Å². The van der Waals surface area contributed by atoms with Crippen molar-refractivity contribution < 1.29 is 9.59 Å². The van der Waals surface area contributed by atoms with Crippen molar-refractivity contribution in [2.75, 3.05) is 13.1 Å². The maximum absolute atomic E-state index is 11.7. The first-order valence-corrected chi connectivity index (χ1v) is 6.73. The van der Waals surface area contributed by atoms with Crippen LogP contribution in [0.2, 0.25) is 0 Å². The zero-order chi connectivity index (χ0) is 13.7. The van der Waals surface area contributed by atoms with Gasteiger partial charge in [-0.15, -0.1) is 0 Å². The van der Waals surface area contributed by atoms with Crippen LogP contribution in [0, 0.1) is 5.92 Å². The Labute approximate surface area is 109 Å². The van der Waals surface area contributed by atoms with E-state index in [1.54, 1.807) is 0 Å². The Hall–Kier alpha value is -1.10. The highest BCUT2D eigenvalue weighted by molar-refractivity contribution is 5.79. The lowest BCUT2D eigenvalue weighted by Crippen LogP contribution is -2.44. The molecule has 0 aromatic heterocycles. The smallest absolute Gasteiger partial charge is 0.222 e. The minimum absolute atomic E-state index is 0.0149. The molecule has 0 bridgehead atoms. The Bertz CT molecular complexity index is 305. The van der Waals surface area contributed by atoms with Gasteiger partial charge < -0.3 is 16.0 Å². The second kappa shape index (κ2) is 6.73. The molecule has 3 N–H and O–H groups in total. The third-order valence-electron chi connectivity index (χ3n) is 3.35.